The molecule has 0 aliphatic rings. The number of hydrogen-bond donors (Lipinski definition) is 1. The second-order valence-electron chi connectivity index (χ2n) is 8.97. The van der Waals surface area contributed by atoms with Crippen molar-refractivity contribution in [2.24, 2.45) is 7.05 Å². The number of thiophene rings is 1. The smallest absolute Gasteiger partial charge is 0.192 e. The number of hydrogen-bond acceptors (Lipinski definition) is 5. The average molecular weight is 438 g/mol. The van der Waals surface area contributed by atoms with Gasteiger partial charge in [-0.3, -0.25) is 4.98 Å². The van der Waals surface area contributed by atoms with E-state index in [4.69, 9.17) is 16.0 Å². The molecule has 28 heavy (non-hydrogen) atoms. The van der Waals surface area contributed by atoms with Gasteiger partial charge in [0.1, 0.15) is 11.4 Å². The van der Waals surface area contributed by atoms with Crippen LogP contribution in [0.25, 0.3) is 20.9 Å². The van der Waals surface area contributed by atoms with Gasteiger partial charge in [-0.05, 0) is 37.2 Å². The van der Waals surface area contributed by atoms with E-state index in [9.17, 15) is 5.11 Å². The average Bonchev–Trinajstić information content (AvgIpc) is 3.16. The van der Waals surface area contributed by atoms with E-state index in [2.05, 4.69) is 43.8 Å². The molecule has 3 rings (SSSR count). The van der Waals surface area contributed by atoms with Gasteiger partial charge in [0.05, 0.1) is 38.6 Å². The third-order valence-electron chi connectivity index (χ3n) is 5.64. The van der Waals surface area contributed by atoms with Crippen LogP contribution in [0.4, 0.5) is 0 Å². The van der Waals surface area contributed by atoms with Gasteiger partial charge >= 0.3 is 0 Å². The van der Waals surface area contributed by atoms with Crippen LogP contribution in [-0.4, -0.2) is 34.6 Å². The highest BCUT2D eigenvalue weighted by atomic mass is 35.5. The Bertz CT molecular complexity index is 1000. The molecule has 3 aromatic heterocycles. The molecule has 0 radical (unpaired) electrons. The van der Waals surface area contributed by atoms with E-state index in [1.54, 1.807) is 36.7 Å². The quantitative estimate of drug-likeness (QED) is 0.529. The van der Waals surface area contributed by atoms with Crippen molar-refractivity contribution in [3.8, 4) is 10.7 Å². The third kappa shape index (κ3) is 3.91. The highest BCUT2D eigenvalue weighted by Crippen LogP contribution is 2.39. The molecule has 0 spiro atoms. The van der Waals surface area contributed by atoms with Gasteiger partial charge in [0.15, 0.2) is 8.32 Å². The SMILES string of the molecule is Cn1c(C(C)(O)CO[Si](C)(C)C(C)(C)C)cnc1-c1cc2nccc(Cl)c2s1. The van der Waals surface area contributed by atoms with Crippen LogP contribution >= 0.6 is 22.9 Å². The van der Waals surface area contributed by atoms with Gasteiger partial charge < -0.3 is 14.1 Å². The Balaban J connectivity index is 1.90. The Labute approximate surface area is 176 Å². The van der Waals surface area contributed by atoms with Crippen LogP contribution in [-0.2, 0) is 17.1 Å². The number of rotatable bonds is 5. The first-order chi connectivity index (χ1) is 12.8. The minimum atomic E-state index is -1.96. The van der Waals surface area contributed by atoms with Crippen molar-refractivity contribution < 1.29 is 9.53 Å². The number of halogens is 1. The van der Waals surface area contributed by atoms with E-state index in [0.717, 1.165) is 26.6 Å². The summed E-state index contributed by atoms with van der Waals surface area (Å²) in [6.07, 6.45) is 3.43. The molecule has 3 aromatic rings. The highest BCUT2D eigenvalue weighted by Gasteiger charge is 2.40. The zero-order valence-corrected chi connectivity index (χ0v) is 20.1. The topological polar surface area (TPSA) is 60.2 Å². The van der Waals surface area contributed by atoms with Gasteiger partial charge in [-0.25, -0.2) is 4.98 Å². The molecular formula is C20H28ClN3O2SSi. The van der Waals surface area contributed by atoms with Crippen molar-refractivity contribution in [3.05, 3.63) is 35.2 Å². The summed E-state index contributed by atoms with van der Waals surface area (Å²) < 4.78 is 9.14. The van der Waals surface area contributed by atoms with Crippen molar-refractivity contribution in [1.29, 1.82) is 0 Å². The number of pyridine rings is 1. The van der Waals surface area contributed by atoms with Gasteiger partial charge in [-0.2, -0.15) is 0 Å². The summed E-state index contributed by atoms with van der Waals surface area (Å²) in [6.45, 7) is 13.0. The summed E-state index contributed by atoms with van der Waals surface area (Å²) in [5.41, 5.74) is 0.435. The first kappa shape index (κ1) is 21.5. The fourth-order valence-electron chi connectivity index (χ4n) is 2.77. The molecule has 0 amide bonds. The summed E-state index contributed by atoms with van der Waals surface area (Å²) in [5.74, 6) is 0.779. The van der Waals surface area contributed by atoms with Crippen molar-refractivity contribution in [1.82, 2.24) is 14.5 Å². The Hall–Kier alpha value is -1.25. The molecule has 1 N–H and O–H groups in total. The van der Waals surface area contributed by atoms with Crippen molar-refractivity contribution in [3.63, 3.8) is 0 Å². The lowest BCUT2D eigenvalue weighted by atomic mass is 10.1. The highest BCUT2D eigenvalue weighted by molar-refractivity contribution is 7.22. The molecule has 8 heteroatoms. The van der Waals surface area contributed by atoms with Crippen molar-refractivity contribution >= 4 is 41.5 Å². The largest absolute Gasteiger partial charge is 0.413 e. The van der Waals surface area contributed by atoms with Crippen LogP contribution in [0.5, 0.6) is 0 Å². The summed E-state index contributed by atoms with van der Waals surface area (Å²) in [7, 11) is -0.0466. The molecule has 0 saturated carbocycles. The number of aliphatic hydroxyl groups is 1. The van der Waals surface area contributed by atoms with Crippen molar-refractivity contribution in [2.45, 2.75) is 51.4 Å². The second kappa shape index (κ2) is 7.22. The minimum absolute atomic E-state index is 0.0873. The molecule has 3 heterocycles. The molecule has 0 bridgehead atoms. The minimum Gasteiger partial charge on any atom is -0.413 e. The Kier molecular flexibility index (Phi) is 5.53. The van der Waals surface area contributed by atoms with E-state index in [1.165, 1.54) is 0 Å². The standard InChI is InChI=1S/C20H28ClN3O2SSi/c1-19(2,3)28(6,7)26-12-20(4,25)16-11-23-18(24(16)5)15-10-14-17(27-15)13(21)8-9-22-14/h8-11,25H,12H2,1-7H3. The van der Waals surface area contributed by atoms with Crippen LogP contribution in [0.2, 0.25) is 23.2 Å². The number of fused-ring (bicyclic) bond motifs is 1. The number of aromatic nitrogens is 3. The first-order valence-electron chi connectivity index (χ1n) is 9.26. The molecule has 1 atom stereocenters. The summed E-state index contributed by atoms with van der Waals surface area (Å²) in [5, 5.41) is 11.9. The second-order valence-corrected chi connectivity index (χ2v) is 15.2. The molecule has 5 nitrogen and oxygen atoms in total. The van der Waals surface area contributed by atoms with Crippen LogP contribution in [0.3, 0.4) is 0 Å². The summed E-state index contributed by atoms with van der Waals surface area (Å²) >= 11 is 7.84. The molecule has 152 valence electrons. The third-order valence-corrected chi connectivity index (χ3v) is 11.7. The first-order valence-corrected chi connectivity index (χ1v) is 13.4. The Morgan fingerprint density at radius 1 is 1.25 bits per heavy atom. The van der Waals surface area contributed by atoms with Crippen LogP contribution < -0.4 is 0 Å². The molecule has 0 fully saturated rings. The lowest BCUT2D eigenvalue weighted by molar-refractivity contribution is -0.00314. The van der Waals surface area contributed by atoms with E-state index in [0.29, 0.717) is 5.02 Å². The Morgan fingerprint density at radius 3 is 2.54 bits per heavy atom. The van der Waals surface area contributed by atoms with Gasteiger partial charge in [0.25, 0.3) is 0 Å². The maximum atomic E-state index is 11.1. The normalized spacial score (nSPS) is 15.2. The van der Waals surface area contributed by atoms with Gasteiger partial charge in [0.2, 0.25) is 0 Å². The van der Waals surface area contributed by atoms with Crippen LogP contribution in [0.1, 0.15) is 33.4 Å². The number of nitrogens with zero attached hydrogens (tertiary/aromatic N) is 3. The predicted molar refractivity (Wildman–Crippen MR) is 120 cm³/mol. The number of imidazole rings is 1. The summed E-state index contributed by atoms with van der Waals surface area (Å²) in [4.78, 5) is 9.91. The zero-order valence-electron chi connectivity index (χ0n) is 17.5. The molecule has 0 saturated heterocycles. The molecule has 0 aliphatic carbocycles. The molecular weight excluding hydrogens is 410 g/mol. The van der Waals surface area contributed by atoms with E-state index >= 15 is 0 Å². The Morgan fingerprint density at radius 2 is 1.93 bits per heavy atom. The molecule has 0 aromatic carbocycles. The van der Waals surface area contributed by atoms with Gasteiger partial charge in [-0.15, -0.1) is 11.3 Å². The van der Waals surface area contributed by atoms with E-state index < -0.39 is 13.9 Å². The fraction of sp³-hybridized carbons (Fsp3) is 0.500. The maximum absolute atomic E-state index is 11.1. The van der Waals surface area contributed by atoms with Gasteiger partial charge in [0, 0.05) is 13.2 Å². The molecule has 1 unspecified atom stereocenters. The monoisotopic (exact) mass is 437 g/mol. The fourth-order valence-corrected chi connectivity index (χ4v) is 5.16. The van der Waals surface area contributed by atoms with Crippen LogP contribution in [0, 0.1) is 0 Å². The summed E-state index contributed by atoms with van der Waals surface area (Å²) in [6, 6.07) is 3.77. The molecule has 0 aliphatic heterocycles. The van der Waals surface area contributed by atoms with Crippen molar-refractivity contribution in [2.75, 3.05) is 6.61 Å². The van der Waals surface area contributed by atoms with E-state index in [-0.39, 0.29) is 11.6 Å². The van der Waals surface area contributed by atoms with Crippen LogP contribution in [0.15, 0.2) is 24.5 Å². The lowest BCUT2D eigenvalue weighted by Gasteiger charge is -2.38. The lowest BCUT2D eigenvalue weighted by Crippen LogP contribution is -2.44. The van der Waals surface area contributed by atoms with E-state index in [1.807, 2.05) is 17.7 Å². The zero-order chi connectivity index (χ0) is 20.9. The van der Waals surface area contributed by atoms with Gasteiger partial charge in [-0.1, -0.05) is 32.4 Å². The predicted octanol–water partition coefficient (Wildman–Crippen LogP) is 5.58. The maximum Gasteiger partial charge on any atom is 0.192 e.